The lowest BCUT2D eigenvalue weighted by Crippen LogP contribution is -2.19. The predicted molar refractivity (Wildman–Crippen MR) is 82.8 cm³/mol. The smallest absolute Gasteiger partial charge is 0.358 e. The van der Waals surface area contributed by atoms with Crippen LogP contribution >= 0.6 is 34.8 Å². The van der Waals surface area contributed by atoms with Gasteiger partial charge in [-0.25, -0.2) is 14.8 Å². The number of hydrogen-bond acceptors (Lipinski definition) is 4. The number of rotatable bonds is 4. The zero-order chi connectivity index (χ0) is 16.3. The number of benzene rings is 1. The van der Waals surface area contributed by atoms with E-state index in [1.165, 1.54) is 24.5 Å². The summed E-state index contributed by atoms with van der Waals surface area (Å²) in [6.07, 6.45) is 2.29. The Morgan fingerprint density at radius 3 is 2.41 bits per heavy atom. The van der Waals surface area contributed by atoms with Crippen molar-refractivity contribution in [3.05, 3.63) is 50.9 Å². The fourth-order valence-corrected chi connectivity index (χ4v) is 2.34. The summed E-state index contributed by atoms with van der Waals surface area (Å²) in [5, 5.41) is 12.1. The van der Waals surface area contributed by atoms with Crippen molar-refractivity contribution >= 4 is 52.5 Å². The highest BCUT2D eigenvalue weighted by molar-refractivity contribution is 6.44. The number of hydrogen-bond donors (Lipinski definition) is 2. The summed E-state index contributed by atoms with van der Waals surface area (Å²) in [4.78, 5) is 30.5. The van der Waals surface area contributed by atoms with Crippen molar-refractivity contribution in [1.29, 1.82) is 0 Å². The van der Waals surface area contributed by atoms with Gasteiger partial charge in [0.05, 0.1) is 16.5 Å². The second kappa shape index (κ2) is 6.91. The zero-order valence-corrected chi connectivity index (χ0v) is 13.1. The molecule has 0 radical (unpaired) electrons. The number of nitrogens with zero attached hydrogens (tertiary/aromatic N) is 2. The van der Waals surface area contributed by atoms with E-state index in [4.69, 9.17) is 39.9 Å². The SMILES string of the molecule is O=C(Cc1c(Cl)ccc(Cl)c1Cl)Nc1nccnc1C(=O)O. The van der Waals surface area contributed by atoms with Gasteiger partial charge in [-0.15, -0.1) is 0 Å². The second-order valence-electron chi connectivity index (χ2n) is 4.11. The van der Waals surface area contributed by atoms with Crippen LogP contribution in [0.25, 0.3) is 0 Å². The molecule has 2 aromatic rings. The number of carboxylic acids is 1. The molecule has 0 aliphatic carbocycles. The van der Waals surface area contributed by atoms with Crippen LogP contribution in [-0.4, -0.2) is 27.0 Å². The minimum Gasteiger partial charge on any atom is -0.476 e. The molecule has 1 heterocycles. The molecule has 0 aliphatic rings. The van der Waals surface area contributed by atoms with Gasteiger partial charge >= 0.3 is 5.97 Å². The number of aromatic carboxylic acids is 1. The molecular weight excluding hydrogens is 353 g/mol. The third-order valence-electron chi connectivity index (χ3n) is 2.63. The monoisotopic (exact) mass is 359 g/mol. The summed E-state index contributed by atoms with van der Waals surface area (Å²) >= 11 is 17.9. The van der Waals surface area contributed by atoms with Crippen molar-refractivity contribution in [2.24, 2.45) is 0 Å². The summed E-state index contributed by atoms with van der Waals surface area (Å²) in [6.45, 7) is 0. The summed E-state index contributed by atoms with van der Waals surface area (Å²) < 4.78 is 0. The summed E-state index contributed by atoms with van der Waals surface area (Å²) in [5.74, 6) is -2.01. The maximum atomic E-state index is 12.0. The third kappa shape index (κ3) is 3.65. The normalized spacial score (nSPS) is 10.3. The van der Waals surface area contributed by atoms with Gasteiger partial charge in [-0.1, -0.05) is 34.8 Å². The van der Waals surface area contributed by atoms with Crippen molar-refractivity contribution in [2.75, 3.05) is 5.32 Å². The van der Waals surface area contributed by atoms with Crippen LogP contribution in [0.5, 0.6) is 0 Å². The lowest BCUT2D eigenvalue weighted by Gasteiger charge is -2.09. The Hall–Kier alpha value is -1.89. The number of amides is 1. The van der Waals surface area contributed by atoms with E-state index in [-0.39, 0.29) is 33.0 Å². The Morgan fingerprint density at radius 2 is 1.73 bits per heavy atom. The van der Waals surface area contributed by atoms with Gasteiger partial charge in [0.25, 0.3) is 0 Å². The van der Waals surface area contributed by atoms with Crippen molar-refractivity contribution < 1.29 is 14.7 Å². The van der Waals surface area contributed by atoms with Gasteiger partial charge in [0, 0.05) is 23.0 Å². The maximum Gasteiger partial charge on any atom is 0.358 e. The highest BCUT2D eigenvalue weighted by Crippen LogP contribution is 2.31. The first-order valence-electron chi connectivity index (χ1n) is 5.86. The van der Waals surface area contributed by atoms with Crippen LogP contribution < -0.4 is 5.32 Å². The van der Waals surface area contributed by atoms with Crippen LogP contribution in [-0.2, 0) is 11.2 Å². The quantitative estimate of drug-likeness (QED) is 0.816. The van der Waals surface area contributed by atoms with Gasteiger partial charge in [0.2, 0.25) is 5.91 Å². The molecule has 1 aromatic heterocycles. The number of aromatic nitrogens is 2. The maximum absolute atomic E-state index is 12.0. The molecule has 9 heteroatoms. The Labute approximate surface area is 140 Å². The number of carbonyl (C=O) groups excluding carboxylic acids is 1. The molecule has 0 saturated heterocycles. The number of anilines is 1. The number of halogens is 3. The molecule has 6 nitrogen and oxygen atoms in total. The van der Waals surface area contributed by atoms with Gasteiger partial charge in [-0.2, -0.15) is 0 Å². The van der Waals surface area contributed by atoms with Gasteiger partial charge in [0.15, 0.2) is 11.5 Å². The molecule has 0 aliphatic heterocycles. The zero-order valence-electron chi connectivity index (χ0n) is 10.8. The predicted octanol–water partition coefficient (Wildman–Crippen LogP) is 3.32. The van der Waals surface area contributed by atoms with E-state index >= 15 is 0 Å². The molecule has 2 rings (SSSR count). The van der Waals surface area contributed by atoms with E-state index in [1.54, 1.807) is 0 Å². The van der Waals surface area contributed by atoms with Crippen molar-refractivity contribution in [3.63, 3.8) is 0 Å². The summed E-state index contributed by atoms with van der Waals surface area (Å²) in [6, 6.07) is 3.03. The molecule has 114 valence electrons. The molecule has 0 saturated carbocycles. The Bertz CT molecular complexity index is 753. The van der Waals surface area contributed by atoms with E-state index in [9.17, 15) is 9.59 Å². The Morgan fingerprint density at radius 1 is 1.09 bits per heavy atom. The summed E-state index contributed by atoms with van der Waals surface area (Å²) in [7, 11) is 0. The second-order valence-corrected chi connectivity index (χ2v) is 5.30. The van der Waals surface area contributed by atoms with E-state index in [1.807, 2.05) is 0 Å². The van der Waals surface area contributed by atoms with Crippen molar-refractivity contribution in [3.8, 4) is 0 Å². The lowest BCUT2D eigenvalue weighted by molar-refractivity contribution is -0.115. The fourth-order valence-electron chi connectivity index (χ4n) is 1.65. The molecule has 1 amide bonds. The van der Waals surface area contributed by atoms with Crippen LogP contribution in [0.3, 0.4) is 0 Å². The average molecular weight is 361 g/mol. The largest absolute Gasteiger partial charge is 0.476 e. The first-order valence-corrected chi connectivity index (χ1v) is 7.00. The minimum absolute atomic E-state index is 0.158. The van der Waals surface area contributed by atoms with Gasteiger partial charge in [-0.05, 0) is 12.1 Å². The molecule has 0 bridgehead atoms. The standard InChI is InChI=1S/C13H8Cl3N3O3/c14-7-1-2-8(15)10(16)6(7)5-9(20)19-12-11(13(21)22)17-3-4-18-12/h1-4H,5H2,(H,21,22)(H,18,19,20). The van der Waals surface area contributed by atoms with Crippen LogP contribution in [0.2, 0.25) is 15.1 Å². The molecule has 0 atom stereocenters. The van der Waals surface area contributed by atoms with Crippen LogP contribution in [0.4, 0.5) is 5.82 Å². The van der Waals surface area contributed by atoms with Gasteiger partial charge < -0.3 is 10.4 Å². The van der Waals surface area contributed by atoms with Crippen LogP contribution in [0, 0.1) is 0 Å². The molecule has 0 unspecified atom stereocenters. The van der Waals surface area contributed by atoms with Crippen molar-refractivity contribution in [2.45, 2.75) is 6.42 Å². The third-order valence-corrected chi connectivity index (χ3v) is 3.83. The fraction of sp³-hybridized carbons (Fsp3) is 0.0769. The highest BCUT2D eigenvalue weighted by Gasteiger charge is 2.18. The Balaban J connectivity index is 2.22. The first-order chi connectivity index (χ1) is 10.4. The number of carbonyl (C=O) groups is 2. The molecule has 0 fully saturated rings. The van der Waals surface area contributed by atoms with E-state index < -0.39 is 11.9 Å². The van der Waals surface area contributed by atoms with Crippen molar-refractivity contribution in [1.82, 2.24) is 9.97 Å². The van der Waals surface area contributed by atoms with E-state index in [0.717, 1.165) is 0 Å². The topological polar surface area (TPSA) is 92.2 Å². The highest BCUT2D eigenvalue weighted by atomic mass is 35.5. The van der Waals surface area contributed by atoms with Gasteiger partial charge in [0.1, 0.15) is 0 Å². The molecule has 2 N–H and O–H groups in total. The van der Waals surface area contributed by atoms with Gasteiger partial charge in [-0.3, -0.25) is 4.79 Å². The summed E-state index contributed by atoms with van der Waals surface area (Å²) in [5.41, 5.74) is -0.0202. The number of nitrogens with one attached hydrogen (secondary N) is 1. The first kappa shape index (κ1) is 16.5. The molecule has 1 aromatic carbocycles. The van der Waals surface area contributed by atoms with Crippen LogP contribution in [0.1, 0.15) is 16.1 Å². The van der Waals surface area contributed by atoms with E-state index in [2.05, 4.69) is 15.3 Å². The molecular formula is C13H8Cl3N3O3. The average Bonchev–Trinajstić information content (AvgIpc) is 2.48. The molecule has 22 heavy (non-hydrogen) atoms. The van der Waals surface area contributed by atoms with E-state index in [0.29, 0.717) is 5.56 Å². The molecule has 0 spiro atoms. The Kier molecular flexibility index (Phi) is 5.18. The number of carboxylic acid groups (broad SMARTS) is 1. The lowest BCUT2D eigenvalue weighted by atomic mass is 10.1. The van der Waals surface area contributed by atoms with Crippen LogP contribution in [0.15, 0.2) is 24.5 Å². The minimum atomic E-state index is -1.30.